The van der Waals surface area contributed by atoms with Crippen LogP contribution in [0.5, 0.6) is 0 Å². The lowest BCUT2D eigenvalue weighted by Crippen LogP contribution is -2.08. The first-order valence-corrected chi connectivity index (χ1v) is 3.98. The molecule has 66 valence electrons. The molecule has 0 bridgehead atoms. The van der Waals surface area contributed by atoms with E-state index in [9.17, 15) is 0 Å². The number of allylic oxidation sites excluding steroid dienone is 5. The van der Waals surface area contributed by atoms with Gasteiger partial charge in [-0.3, -0.25) is 0 Å². The van der Waals surface area contributed by atoms with Gasteiger partial charge in [-0.25, -0.2) is 0 Å². The summed E-state index contributed by atoms with van der Waals surface area (Å²) in [7, 11) is 3.91. The molecule has 0 fully saturated rings. The van der Waals surface area contributed by atoms with Crippen molar-refractivity contribution >= 4 is 11.6 Å². The third-order valence-corrected chi connectivity index (χ3v) is 1.37. The van der Waals surface area contributed by atoms with Crippen molar-refractivity contribution in [3.63, 3.8) is 0 Å². The van der Waals surface area contributed by atoms with Gasteiger partial charge in [-0.1, -0.05) is 30.8 Å². The highest BCUT2D eigenvalue weighted by molar-refractivity contribution is 6.30. The van der Waals surface area contributed by atoms with Gasteiger partial charge in [0.2, 0.25) is 0 Å². The Morgan fingerprint density at radius 2 is 1.92 bits per heavy atom. The van der Waals surface area contributed by atoms with Crippen molar-refractivity contribution in [2.24, 2.45) is 0 Å². The van der Waals surface area contributed by atoms with Crippen molar-refractivity contribution in [1.29, 1.82) is 0 Å². The van der Waals surface area contributed by atoms with E-state index >= 15 is 0 Å². The molecule has 2 heteroatoms. The lowest BCUT2D eigenvalue weighted by Gasteiger charge is -2.12. The largest absolute Gasteiger partial charge is 0.378 e. The van der Waals surface area contributed by atoms with Crippen LogP contribution in [0.15, 0.2) is 48.2 Å². The predicted octanol–water partition coefficient (Wildman–Crippen LogP) is 2.93. The number of likely N-dealkylation sites (N-methyl/N-ethyl adjacent to an activating group) is 1. The van der Waals surface area contributed by atoms with Crippen LogP contribution in [0.3, 0.4) is 0 Å². The molecule has 0 aliphatic carbocycles. The lowest BCUT2D eigenvalue weighted by atomic mass is 10.3. The topological polar surface area (TPSA) is 3.24 Å². The van der Waals surface area contributed by atoms with Crippen LogP contribution in [0.2, 0.25) is 0 Å². The van der Waals surface area contributed by atoms with E-state index in [2.05, 4.69) is 13.2 Å². The molecule has 0 aliphatic heterocycles. The predicted molar refractivity (Wildman–Crippen MR) is 56.1 cm³/mol. The van der Waals surface area contributed by atoms with Gasteiger partial charge in [0.05, 0.1) is 0 Å². The molecule has 0 amide bonds. The minimum Gasteiger partial charge on any atom is -0.378 e. The zero-order chi connectivity index (χ0) is 9.56. The first kappa shape index (κ1) is 11.1. The first-order chi connectivity index (χ1) is 5.57. The zero-order valence-corrected chi connectivity index (χ0v) is 8.30. The summed E-state index contributed by atoms with van der Waals surface area (Å²) in [5, 5.41) is 0.520. The molecule has 0 atom stereocenters. The molecule has 12 heavy (non-hydrogen) atoms. The summed E-state index contributed by atoms with van der Waals surface area (Å²) in [4.78, 5) is 1.97. The van der Waals surface area contributed by atoms with E-state index in [-0.39, 0.29) is 0 Å². The Hall–Kier alpha value is -0.950. The smallest absolute Gasteiger partial charge is 0.0361 e. The first-order valence-electron chi connectivity index (χ1n) is 3.60. The Morgan fingerprint density at radius 3 is 2.25 bits per heavy atom. The number of halogens is 1. The Labute approximate surface area is 79.3 Å². The fraction of sp³-hybridized carbons (Fsp3) is 0.200. The van der Waals surface area contributed by atoms with Crippen LogP contribution in [0.25, 0.3) is 0 Å². The van der Waals surface area contributed by atoms with Crippen LogP contribution < -0.4 is 0 Å². The summed E-state index contributed by atoms with van der Waals surface area (Å²) in [5.41, 5.74) is 1.03. The second-order valence-electron chi connectivity index (χ2n) is 2.50. The standard InChI is InChI=1S/C10H14ClN/c1-5-6-10(12(3)4)8-7-9(2)11/h5-8H,1-2H2,3-4H3. The SMILES string of the molecule is C=CC=C(C=CC(=C)Cl)N(C)C. The fourth-order valence-corrected chi connectivity index (χ4v) is 0.713. The minimum atomic E-state index is 0.520. The molecule has 0 saturated heterocycles. The van der Waals surface area contributed by atoms with Crippen LogP contribution in [0.1, 0.15) is 0 Å². The van der Waals surface area contributed by atoms with Crippen molar-refractivity contribution in [1.82, 2.24) is 4.90 Å². The molecular formula is C10H14ClN. The van der Waals surface area contributed by atoms with Gasteiger partial charge in [-0.2, -0.15) is 0 Å². The maximum atomic E-state index is 5.57. The van der Waals surface area contributed by atoms with E-state index in [1.54, 1.807) is 12.2 Å². The number of hydrogen-bond donors (Lipinski definition) is 0. The summed E-state index contributed by atoms with van der Waals surface area (Å²) in [6, 6.07) is 0. The number of rotatable bonds is 4. The van der Waals surface area contributed by atoms with Gasteiger partial charge in [0.1, 0.15) is 0 Å². The molecule has 0 saturated carbocycles. The van der Waals surface area contributed by atoms with Gasteiger partial charge in [0.15, 0.2) is 0 Å². The van der Waals surface area contributed by atoms with Gasteiger partial charge >= 0.3 is 0 Å². The van der Waals surface area contributed by atoms with E-state index in [4.69, 9.17) is 11.6 Å². The normalized spacial score (nSPS) is 11.8. The molecule has 1 nitrogen and oxygen atoms in total. The quantitative estimate of drug-likeness (QED) is 0.606. The number of nitrogens with zero attached hydrogens (tertiary/aromatic N) is 1. The van der Waals surface area contributed by atoms with Crippen LogP contribution in [0.4, 0.5) is 0 Å². The van der Waals surface area contributed by atoms with Crippen LogP contribution >= 0.6 is 11.6 Å². The van der Waals surface area contributed by atoms with Crippen molar-refractivity contribution in [2.75, 3.05) is 14.1 Å². The highest BCUT2D eigenvalue weighted by Gasteiger charge is 1.91. The van der Waals surface area contributed by atoms with E-state index in [1.807, 2.05) is 31.1 Å². The molecule has 0 unspecified atom stereocenters. The highest BCUT2D eigenvalue weighted by atomic mass is 35.5. The Morgan fingerprint density at radius 1 is 1.33 bits per heavy atom. The summed E-state index contributed by atoms with van der Waals surface area (Å²) in [5.74, 6) is 0. The van der Waals surface area contributed by atoms with Crippen molar-refractivity contribution in [2.45, 2.75) is 0 Å². The van der Waals surface area contributed by atoms with Gasteiger partial charge in [-0.15, -0.1) is 0 Å². The van der Waals surface area contributed by atoms with E-state index in [0.29, 0.717) is 5.03 Å². The molecular weight excluding hydrogens is 170 g/mol. The summed E-state index contributed by atoms with van der Waals surface area (Å²) < 4.78 is 0. The van der Waals surface area contributed by atoms with Gasteiger partial charge in [0, 0.05) is 24.8 Å². The van der Waals surface area contributed by atoms with Crippen LogP contribution in [-0.4, -0.2) is 19.0 Å². The molecule has 0 aliphatic rings. The average Bonchev–Trinajstić information content (AvgIpc) is 1.96. The Bertz CT molecular complexity index is 224. The minimum absolute atomic E-state index is 0.520. The number of hydrogen-bond acceptors (Lipinski definition) is 1. The maximum absolute atomic E-state index is 5.57. The van der Waals surface area contributed by atoms with Crippen molar-refractivity contribution in [3.8, 4) is 0 Å². The second-order valence-corrected chi connectivity index (χ2v) is 2.99. The average molecular weight is 184 g/mol. The molecule has 0 spiro atoms. The van der Waals surface area contributed by atoms with Crippen molar-refractivity contribution < 1.29 is 0 Å². The lowest BCUT2D eigenvalue weighted by molar-refractivity contribution is 0.530. The monoisotopic (exact) mass is 183 g/mol. The molecule has 0 N–H and O–H groups in total. The molecule has 0 radical (unpaired) electrons. The molecule has 0 heterocycles. The third kappa shape index (κ3) is 4.80. The zero-order valence-electron chi connectivity index (χ0n) is 7.55. The van der Waals surface area contributed by atoms with Gasteiger partial charge in [0.25, 0.3) is 0 Å². The van der Waals surface area contributed by atoms with E-state index in [1.165, 1.54) is 0 Å². The third-order valence-electron chi connectivity index (χ3n) is 1.24. The molecule has 0 aromatic rings. The van der Waals surface area contributed by atoms with E-state index < -0.39 is 0 Å². The van der Waals surface area contributed by atoms with Gasteiger partial charge < -0.3 is 4.90 Å². The molecule has 0 rings (SSSR count). The summed E-state index contributed by atoms with van der Waals surface area (Å²) in [6.45, 7) is 7.17. The summed E-state index contributed by atoms with van der Waals surface area (Å²) >= 11 is 5.57. The fourth-order valence-electron chi connectivity index (χ4n) is 0.650. The van der Waals surface area contributed by atoms with E-state index in [0.717, 1.165) is 5.70 Å². The van der Waals surface area contributed by atoms with Crippen LogP contribution in [-0.2, 0) is 0 Å². The van der Waals surface area contributed by atoms with Crippen LogP contribution in [0, 0.1) is 0 Å². The Kier molecular flexibility index (Phi) is 5.22. The maximum Gasteiger partial charge on any atom is 0.0361 e. The second kappa shape index (κ2) is 5.67. The molecule has 0 aromatic carbocycles. The Balaban J connectivity index is 4.44. The van der Waals surface area contributed by atoms with Gasteiger partial charge in [-0.05, 0) is 18.2 Å². The summed E-state index contributed by atoms with van der Waals surface area (Å²) in [6.07, 6.45) is 7.26. The van der Waals surface area contributed by atoms with Crippen molar-refractivity contribution in [3.05, 3.63) is 48.2 Å². The molecule has 0 aromatic heterocycles. The highest BCUT2D eigenvalue weighted by Crippen LogP contribution is 2.05.